The van der Waals surface area contributed by atoms with E-state index in [4.69, 9.17) is 43.3 Å². The van der Waals surface area contributed by atoms with Crippen molar-refractivity contribution in [2.45, 2.75) is 75.8 Å². The van der Waals surface area contributed by atoms with Gasteiger partial charge in [0, 0.05) is 12.0 Å². The van der Waals surface area contributed by atoms with Crippen molar-refractivity contribution in [3.05, 3.63) is 138 Å². The summed E-state index contributed by atoms with van der Waals surface area (Å²) in [7, 11) is 0.989. The molecule has 7 rings (SSSR count). The molecule has 2 aromatic heterocycles. The zero-order valence-electron chi connectivity index (χ0n) is 35.1. The molecule has 0 unspecified atom stereocenters. The van der Waals surface area contributed by atoms with E-state index in [1.54, 1.807) is 38.7 Å². The molecule has 13 heteroatoms. The highest BCUT2D eigenvalue weighted by atomic mass is 28.4. The summed E-state index contributed by atoms with van der Waals surface area (Å²) in [6.07, 6.45) is 2.56. The number of carbonyl (C=O) groups excluding carboxylic acids is 1. The van der Waals surface area contributed by atoms with Crippen LogP contribution < -0.4 is 9.47 Å². The monoisotopic (exact) mass is 825 g/mol. The van der Waals surface area contributed by atoms with Gasteiger partial charge in [0.05, 0.1) is 57.4 Å². The molecule has 0 amide bonds. The first kappa shape index (κ1) is 42.2. The number of esters is 1. The number of rotatable bonds is 15. The van der Waals surface area contributed by atoms with Crippen molar-refractivity contribution in [2.24, 2.45) is 0 Å². The van der Waals surface area contributed by atoms with Gasteiger partial charge < -0.3 is 28.1 Å². The molecule has 0 bridgehead atoms. The van der Waals surface area contributed by atoms with Gasteiger partial charge in [0.1, 0.15) is 41.2 Å². The van der Waals surface area contributed by atoms with Gasteiger partial charge in [0.25, 0.3) is 0 Å². The second-order valence-corrected chi connectivity index (χ2v) is 21.0. The summed E-state index contributed by atoms with van der Waals surface area (Å²) in [5.74, 6) is 0.964. The van der Waals surface area contributed by atoms with Crippen LogP contribution in [0.15, 0.2) is 116 Å². The Bertz CT molecular complexity index is 2400. The summed E-state index contributed by atoms with van der Waals surface area (Å²) in [5.41, 5.74) is 4.45. The van der Waals surface area contributed by atoms with E-state index < -0.39 is 26.1 Å². The van der Waals surface area contributed by atoms with Crippen LogP contribution in [0.25, 0.3) is 22.4 Å². The van der Waals surface area contributed by atoms with Gasteiger partial charge in [-0.15, -0.1) is 0 Å². The number of fused-ring (bicyclic) bond motifs is 1. The molecule has 6 aromatic rings. The highest BCUT2D eigenvalue weighted by Crippen LogP contribution is 2.45. The predicted molar refractivity (Wildman–Crippen MR) is 230 cm³/mol. The number of aromatic nitrogens is 4. The minimum atomic E-state index is -2.32. The van der Waals surface area contributed by atoms with Gasteiger partial charge in [-0.25, -0.2) is 19.7 Å². The largest absolute Gasteiger partial charge is 0.497 e. The molecule has 3 atom stereocenters. The molecule has 3 heterocycles. The van der Waals surface area contributed by atoms with E-state index in [1.807, 2.05) is 83.4 Å². The van der Waals surface area contributed by atoms with E-state index in [-0.39, 0.29) is 36.9 Å². The van der Waals surface area contributed by atoms with E-state index in [1.165, 1.54) is 6.33 Å². The molecule has 0 N–H and O–H groups in total. The summed E-state index contributed by atoms with van der Waals surface area (Å²) in [6, 6.07) is 35.2. The summed E-state index contributed by atoms with van der Waals surface area (Å²) in [6.45, 7) is 11.4. The number of benzene rings is 4. The maximum Gasteiger partial charge on any atom is 0.338 e. The Morgan fingerprint density at radius 1 is 0.867 bits per heavy atom. The first-order chi connectivity index (χ1) is 28.9. The molecule has 4 aromatic carbocycles. The molecule has 0 radical (unpaired) electrons. The summed E-state index contributed by atoms with van der Waals surface area (Å²) < 4.78 is 39.8. The molecule has 12 nitrogen and oxygen atoms in total. The van der Waals surface area contributed by atoms with Crippen molar-refractivity contribution < 1.29 is 32.9 Å². The second kappa shape index (κ2) is 17.7. The molecular weight excluding hydrogens is 775 g/mol. The zero-order chi connectivity index (χ0) is 42.5. The minimum absolute atomic E-state index is 0.0173. The Balaban J connectivity index is 1.26. The first-order valence-electron chi connectivity index (χ1n) is 20.0. The molecule has 1 fully saturated rings. The smallest absolute Gasteiger partial charge is 0.338 e. The molecule has 0 aliphatic carbocycles. The lowest BCUT2D eigenvalue weighted by Gasteiger charge is -2.39. The predicted octanol–water partition coefficient (Wildman–Crippen LogP) is 9.27. The van der Waals surface area contributed by atoms with E-state index in [9.17, 15) is 4.79 Å². The lowest BCUT2D eigenvalue weighted by Crippen LogP contribution is -2.45. The van der Waals surface area contributed by atoms with E-state index in [2.05, 4.69) is 51.0 Å². The van der Waals surface area contributed by atoms with E-state index >= 15 is 0 Å². The van der Waals surface area contributed by atoms with E-state index in [0.717, 1.165) is 28.2 Å². The SMILES string of the molecule is COc1ccc(C(OC[C@H]2C[C@@H](O[Si](C)(C)C(C)(C)C)[C@H](n3cnc4c(-c5cccc(C(=O)OCCC#N)c5)ncnc43)O2)(c2ccccc2)c2ccc(OC)cc2)cc1. The molecule has 1 aliphatic heterocycles. The van der Waals surface area contributed by atoms with Crippen LogP contribution in [0.3, 0.4) is 0 Å². The number of nitriles is 1. The van der Waals surface area contributed by atoms with Crippen molar-refractivity contribution in [1.82, 2.24) is 19.5 Å². The average Bonchev–Trinajstić information content (AvgIpc) is 3.87. The molecule has 0 spiro atoms. The number of methoxy groups -OCH3 is 2. The van der Waals surface area contributed by atoms with Crippen molar-refractivity contribution in [3.63, 3.8) is 0 Å². The molecule has 310 valence electrons. The quantitative estimate of drug-likeness (QED) is 0.0424. The molecule has 1 aliphatic rings. The van der Waals surface area contributed by atoms with Crippen molar-refractivity contribution in [1.29, 1.82) is 5.26 Å². The summed E-state index contributed by atoms with van der Waals surface area (Å²) in [4.78, 5) is 26.9. The Hall–Kier alpha value is -5.91. The number of imidazole rings is 1. The maximum atomic E-state index is 12.8. The standard InChI is InChI=1S/C47H51N5O7Si/c1-46(2,3)60(6,7)59-40-28-39(29-57-47(34-15-9-8-10-16-34,35-17-21-37(54-4)22-18-35)36-19-23-38(55-5)24-20-36)58-44(40)52-31-51-42-41(49-30-50-43(42)52)32-13-11-14-33(27-32)45(53)56-26-12-25-48/h8-11,13-24,27,30-31,39-40,44H,12,26,28-29H2,1-7H3/t39-,40-,44-/m1/s1. The highest BCUT2D eigenvalue weighted by molar-refractivity contribution is 6.74. The Morgan fingerprint density at radius 2 is 1.52 bits per heavy atom. The molecule has 1 saturated heterocycles. The topological polar surface area (TPSA) is 140 Å². The van der Waals surface area contributed by atoms with Gasteiger partial charge in [-0.05, 0) is 71.2 Å². The van der Waals surface area contributed by atoms with E-state index in [0.29, 0.717) is 34.4 Å². The van der Waals surface area contributed by atoms with Crippen LogP contribution in [0.2, 0.25) is 18.1 Å². The number of hydrogen-bond acceptors (Lipinski definition) is 11. The fourth-order valence-electron chi connectivity index (χ4n) is 7.34. The maximum absolute atomic E-state index is 12.8. The van der Waals surface area contributed by atoms with Gasteiger partial charge >= 0.3 is 5.97 Å². The molecular formula is C47H51N5O7Si. The number of carbonyl (C=O) groups is 1. The number of ether oxygens (including phenoxy) is 5. The highest BCUT2D eigenvalue weighted by Gasteiger charge is 2.47. The summed E-state index contributed by atoms with van der Waals surface area (Å²) in [5, 5.41) is 8.81. The lowest BCUT2D eigenvalue weighted by molar-refractivity contribution is -0.0841. The van der Waals surface area contributed by atoms with Crippen LogP contribution in [0.1, 0.15) is 66.9 Å². The van der Waals surface area contributed by atoms with Crippen LogP contribution in [0.5, 0.6) is 11.5 Å². The summed E-state index contributed by atoms with van der Waals surface area (Å²) >= 11 is 0. The first-order valence-corrected chi connectivity index (χ1v) is 22.9. The van der Waals surface area contributed by atoms with Gasteiger partial charge in [0.2, 0.25) is 0 Å². The van der Waals surface area contributed by atoms with Gasteiger partial charge in [-0.3, -0.25) is 4.57 Å². The van der Waals surface area contributed by atoms with Crippen LogP contribution in [-0.2, 0) is 24.2 Å². The van der Waals surface area contributed by atoms with Crippen molar-refractivity contribution in [3.8, 4) is 28.8 Å². The van der Waals surface area contributed by atoms with Gasteiger partial charge in [-0.2, -0.15) is 5.26 Å². The third kappa shape index (κ3) is 8.55. The average molecular weight is 826 g/mol. The van der Waals surface area contributed by atoms with Crippen LogP contribution >= 0.6 is 0 Å². The zero-order valence-corrected chi connectivity index (χ0v) is 36.1. The molecule has 0 saturated carbocycles. The van der Waals surface area contributed by atoms with Gasteiger partial charge in [-0.1, -0.05) is 87.5 Å². The van der Waals surface area contributed by atoms with Crippen LogP contribution in [0.4, 0.5) is 0 Å². The lowest BCUT2D eigenvalue weighted by atomic mass is 9.80. The fourth-order valence-corrected chi connectivity index (χ4v) is 8.66. The number of hydrogen-bond donors (Lipinski definition) is 0. The Morgan fingerprint density at radius 3 is 2.13 bits per heavy atom. The van der Waals surface area contributed by atoms with Crippen LogP contribution in [0, 0.1) is 11.3 Å². The van der Waals surface area contributed by atoms with Crippen LogP contribution in [-0.4, -0.2) is 73.4 Å². The van der Waals surface area contributed by atoms with Gasteiger partial charge in [0.15, 0.2) is 20.2 Å². The Kier molecular flexibility index (Phi) is 12.5. The normalized spacial score (nSPS) is 17.0. The third-order valence-electron chi connectivity index (χ3n) is 11.5. The number of nitrogens with zero attached hydrogens (tertiary/aromatic N) is 5. The van der Waals surface area contributed by atoms with Crippen molar-refractivity contribution >= 4 is 25.5 Å². The second-order valence-electron chi connectivity index (χ2n) is 16.3. The fraction of sp³-hybridized carbons (Fsp3) is 0.340. The Labute approximate surface area is 352 Å². The van der Waals surface area contributed by atoms with Crippen molar-refractivity contribution in [2.75, 3.05) is 27.4 Å². The third-order valence-corrected chi connectivity index (χ3v) is 16.0. The molecule has 60 heavy (non-hydrogen) atoms. The minimum Gasteiger partial charge on any atom is -0.497 e.